The third-order valence-electron chi connectivity index (χ3n) is 1.70. The maximum absolute atomic E-state index is 11.2. The number of hydrogen-bond donors (Lipinski definition) is 2. The van der Waals surface area contributed by atoms with Gasteiger partial charge in [0, 0.05) is 11.5 Å². The maximum atomic E-state index is 11.2. The van der Waals surface area contributed by atoms with E-state index in [-0.39, 0.29) is 0 Å². The summed E-state index contributed by atoms with van der Waals surface area (Å²) in [6, 6.07) is 5.32. The molecule has 4 nitrogen and oxygen atoms in total. The molecule has 0 saturated carbocycles. The maximum Gasteiger partial charge on any atom is 0.298 e. The van der Waals surface area contributed by atoms with Crippen molar-refractivity contribution in [2.24, 2.45) is 0 Å². The van der Waals surface area contributed by atoms with Crippen LogP contribution in [-0.2, 0) is 10.2 Å². The van der Waals surface area contributed by atoms with Crippen molar-refractivity contribution in [1.29, 1.82) is 0 Å². The zero-order chi connectivity index (χ0) is 10.8. The van der Waals surface area contributed by atoms with Crippen LogP contribution in [0.1, 0.15) is 5.56 Å². The van der Waals surface area contributed by atoms with Crippen molar-refractivity contribution in [2.45, 2.75) is 6.92 Å². The monoisotopic (exact) mass is 278 g/mol. The van der Waals surface area contributed by atoms with Gasteiger partial charge in [0.25, 0.3) is 10.2 Å². The number of aryl methyl sites for hydroxylation is 1. The molecular formula is C8H11BrN2O2S. The number of hydrogen-bond acceptors (Lipinski definition) is 2. The summed E-state index contributed by atoms with van der Waals surface area (Å²) in [6.45, 7) is 1.83. The van der Waals surface area contributed by atoms with Gasteiger partial charge in [-0.25, -0.2) is 4.72 Å². The highest BCUT2D eigenvalue weighted by Crippen LogP contribution is 2.20. The molecule has 0 amide bonds. The van der Waals surface area contributed by atoms with Crippen molar-refractivity contribution in [1.82, 2.24) is 4.72 Å². The zero-order valence-electron chi connectivity index (χ0n) is 7.83. The van der Waals surface area contributed by atoms with Crippen LogP contribution in [0.3, 0.4) is 0 Å². The lowest BCUT2D eigenvalue weighted by molar-refractivity contribution is 0.593. The van der Waals surface area contributed by atoms with Gasteiger partial charge in [0.15, 0.2) is 0 Å². The predicted molar refractivity (Wildman–Crippen MR) is 60.5 cm³/mol. The molecule has 0 aliphatic rings. The van der Waals surface area contributed by atoms with E-state index in [2.05, 4.69) is 25.4 Å². The molecule has 0 aliphatic heterocycles. The molecule has 0 fully saturated rings. The van der Waals surface area contributed by atoms with E-state index in [4.69, 9.17) is 0 Å². The molecule has 0 spiro atoms. The smallest absolute Gasteiger partial charge is 0.271 e. The van der Waals surface area contributed by atoms with Gasteiger partial charge in [-0.3, -0.25) is 4.72 Å². The van der Waals surface area contributed by atoms with Gasteiger partial charge in [-0.15, -0.1) is 0 Å². The van der Waals surface area contributed by atoms with E-state index in [1.54, 1.807) is 12.1 Å². The fraction of sp³-hybridized carbons (Fsp3) is 0.250. The standard InChI is InChI=1S/C8H11BrN2O2S/c1-6-5-7(9)3-4-8(6)11-14(12,13)10-2/h3-5,10-11H,1-2H3. The Morgan fingerprint density at radius 1 is 1.36 bits per heavy atom. The predicted octanol–water partition coefficient (Wildman–Crippen LogP) is 1.63. The summed E-state index contributed by atoms with van der Waals surface area (Å²) < 4.78 is 27.8. The second kappa shape index (κ2) is 4.29. The molecule has 1 rings (SSSR count). The summed E-state index contributed by atoms with van der Waals surface area (Å²) in [4.78, 5) is 0. The van der Waals surface area contributed by atoms with Gasteiger partial charge in [-0.05, 0) is 30.7 Å². The quantitative estimate of drug-likeness (QED) is 0.883. The van der Waals surface area contributed by atoms with Gasteiger partial charge in [-0.1, -0.05) is 15.9 Å². The summed E-state index contributed by atoms with van der Waals surface area (Å²) in [7, 11) is -2.07. The van der Waals surface area contributed by atoms with Crippen LogP contribution >= 0.6 is 15.9 Å². The normalized spacial score (nSPS) is 11.4. The first-order chi connectivity index (χ1) is 6.44. The largest absolute Gasteiger partial charge is 0.298 e. The molecule has 0 saturated heterocycles. The first kappa shape index (κ1) is 11.5. The molecule has 14 heavy (non-hydrogen) atoms. The molecule has 1 aromatic carbocycles. The van der Waals surface area contributed by atoms with Crippen molar-refractivity contribution in [3.8, 4) is 0 Å². The minimum atomic E-state index is -3.42. The second-order valence-electron chi connectivity index (χ2n) is 2.77. The Morgan fingerprint density at radius 3 is 2.50 bits per heavy atom. The number of rotatable bonds is 3. The number of nitrogens with one attached hydrogen (secondary N) is 2. The Kier molecular flexibility index (Phi) is 3.52. The molecule has 0 atom stereocenters. The Bertz CT molecular complexity index is 431. The molecule has 0 bridgehead atoms. The molecule has 1 aromatic rings. The van der Waals surface area contributed by atoms with Gasteiger partial charge in [0.1, 0.15) is 0 Å². The fourth-order valence-corrected chi connectivity index (χ4v) is 2.03. The summed E-state index contributed by atoms with van der Waals surface area (Å²) >= 11 is 3.30. The van der Waals surface area contributed by atoms with Crippen LogP contribution in [0, 0.1) is 6.92 Å². The molecule has 0 unspecified atom stereocenters. The van der Waals surface area contributed by atoms with Crippen LogP contribution in [0.25, 0.3) is 0 Å². The SMILES string of the molecule is CNS(=O)(=O)Nc1ccc(Br)cc1C. The molecule has 0 aromatic heterocycles. The number of benzene rings is 1. The minimum absolute atomic E-state index is 0.572. The van der Waals surface area contributed by atoms with Crippen molar-refractivity contribution < 1.29 is 8.42 Å². The molecule has 0 radical (unpaired) electrons. The van der Waals surface area contributed by atoms with Gasteiger partial charge in [0.05, 0.1) is 5.69 Å². The average molecular weight is 279 g/mol. The van der Waals surface area contributed by atoms with E-state index in [1.165, 1.54) is 7.05 Å². The Hall–Kier alpha value is -0.590. The second-order valence-corrected chi connectivity index (χ2v) is 5.30. The summed E-state index contributed by atoms with van der Waals surface area (Å²) in [5.74, 6) is 0. The van der Waals surface area contributed by atoms with Crippen LogP contribution in [0.5, 0.6) is 0 Å². The topological polar surface area (TPSA) is 58.2 Å². The Morgan fingerprint density at radius 2 is 2.00 bits per heavy atom. The highest BCUT2D eigenvalue weighted by Gasteiger charge is 2.07. The van der Waals surface area contributed by atoms with Crippen molar-refractivity contribution >= 4 is 31.8 Å². The third kappa shape index (κ3) is 2.97. The van der Waals surface area contributed by atoms with E-state index in [9.17, 15) is 8.42 Å². The number of anilines is 1. The van der Waals surface area contributed by atoms with Gasteiger partial charge in [-0.2, -0.15) is 8.42 Å². The third-order valence-corrected chi connectivity index (χ3v) is 3.22. The molecular weight excluding hydrogens is 268 g/mol. The highest BCUT2D eigenvalue weighted by atomic mass is 79.9. The Labute approximate surface area is 92.0 Å². The lowest BCUT2D eigenvalue weighted by Crippen LogP contribution is -2.26. The molecule has 0 aliphatic carbocycles. The average Bonchev–Trinajstić information content (AvgIpc) is 2.10. The van der Waals surface area contributed by atoms with Crippen LogP contribution in [0.4, 0.5) is 5.69 Å². The van der Waals surface area contributed by atoms with Gasteiger partial charge in [0.2, 0.25) is 0 Å². The lowest BCUT2D eigenvalue weighted by Gasteiger charge is -2.09. The fourth-order valence-electron chi connectivity index (χ4n) is 0.937. The molecule has 2 N–H and O–H groups in total. The van der Waals surface area contributed by atoms with Crippen LogP contribution in [0.2, 0.25) is 0 Å². The zero-order valence-corrected chi connectivity index (χ0v) is 10.2. The number of halogens is 1. The lowest BCUT2D eigenvalue weighted by atomic mass is 10.2. The van der Waals surface area contributed by atoms with E-state index in [0.29, 0.717) is 5.69 Å². The molecule has 6 heteroatoms. The summed E-state index contributed by atoms with van der Waals surface area (Å²) in [5.41, 5.74) is 1.43. The molecule has 78 valence electrons. The van der Waals surface area contributed by atoms with E-state index in [0.717, 1.165) is 10.0 Å². The van der Waals surface area contributed by atoms with Crippen molar-refractivity contribution in [2.75, 3.05) is 11.8 Å². The van der Waals surface area contributed by atoms with E-state index >= 15 is 0 Å². The van der Waals surface area contributed by atoms with Crippen molar-refractivity contribution in [3.63, 3.8) is 0 Å². The van der Waals surface area contributed by atoms with Gasteiger partial charge >= 0.3 is 0 Å². The first-order valence-corrected chi connectivity index (χ1v) is 6.19. The summed E-state index contributed by atoms with van der Waals surface area (Å²) in [6.07, 6.45) is 0. The molecule has 0 heterocycles. The Balaban J connectivity index is 2.99. The first-order valence-electron chi connectivity index (χ1n) is 3.92. The van der Waals surface area contributed by atoms with E-state index in [1.807, 2.05) is 13.0 Å². The van der Waals surface area contributed by atoms with Crippen LogP contribution in [0.15, 0.2) is 22.7 Å². The van der Waals surface area contributed by atoms with E-state index < -0.39 is 10.2 Å². The van der Waals surface area contributed by atoms with Crippen LogP contribution in [-0.4, -0.2) is 15.5 Å². The van der Waals surface area contributed by atoms with Crippen molar-refractivity contribution in [3.05, 3.63) is 28.2 Å². The minimum Gasteiger partial charge on any atom is -0.271 e. The summed E-state index contributed by atoms with van der Waals surface area (Å²) in [5, 5.41) is 0. The van der Waals surface area contributed by atoms with Gasteiger partial charge < -0.3 is 0 Å². The van der Waals surface area contributed by atoms with Crippen LogP contribution < -0.4 is 9.44 Å². The highest BCUT2D eigenvalue weighted by molar-refractivity contribution is 9.10.